The van der Waals surface area contributed by atoms with Crippen molar-refractivity contribution in [3.63, 3.8) is 0 Å². The van der Waals surface area contributed by atoms with Crippen molar-refractivity contribution in [2.75, 3.05) is 14.2 Å². The molecule has 0 bridgehead atoms. The number of carbonyl (C=O) groups is 2. The molecule has 1 aliphatic heterocycles. The molecule has 0 saturated carbocycles. The van der Waals surface area contributed by atoms with Crippen LogP contribution in [0.15, 0.2) is 34.7 Å². The van der Waals surface area contributed by atoms with Crippen LogP contribution in [0.1, 0.15) is 51.5 Å². The summed E-state index contributed by atoms with van der Waals surface area (Å²) < 4.78 is 16.0. The number of nitro groups is 1. The first-order valence-corrected chi connectivity index (χ1v) is 10.0. The van der Waals surface area contributed by atoms with Gasteiger partial charge in [-0.15, -0.1) is 0 Å². The summed E-state index contributed by atoms with van der Waals surface area (Å²) >= 11 is 0. The first-order chi connectivity index (χ1) is 14.7. The van der Waals surface area contributed by atoms with Gasteiger partial charge in [0.1, 0.15) is 0 Å². The van der Waals surface area contributed by atoms with Crippen molar-refractivity contribution < 1.29 is 28.7 Å². The summed E-state index contributed by atoms with van der Waals surface area (Å²) in [4.78, 5) is 37.5. The Balaban J connectivity index is 2.32. The van der Waals surface area contributed by atoms with Crippen molar-refractivity contribution >= 4 is 17.4 Å². The van der Waals surface area contributed by atoms with Crippen molar-refractivity contribution in [3.05, 3.63) is 50.4 Å². The minimum absolute atomic E-state index is 0.148. The summed E-state index contributed by atoms with van der Waals surface area (Å²) in [5, 5.41) is 15.1. The van der Waals surface area contributed by atoms with E-state index in [-0.39, 0.29) is 34.1 Å². The number of rotatable bonds is 6. The first kappa shape index (κ1) is 22.3. The third kappa shape index (κ3) is 4.12. The predicted molar refractivity (Wildman–Crippen MR) is 112 cm³/mol. The highest BCUT2D eigenvalue weighted by Crippen LogP contribution is 2.48. The Labute approximate surface area is 180 Å². The maximum absolute atomic E-state index is 13.1. The number of nitrogens with one attached hydrogen (secondary N) is 1. The van der Waals surface area contributed by atoms with E-state index in [1.165, 1.54) is 26.4 Å². The normalized spacial score (nSPS) is 18.5. The molecule has 0 radical (unpaired) electrons. The molecular formula is C22H26N2O7. The highest BCUT2D eigenvalue weighted by atomic mass is 16.6. The zero-order valence-electron chi connectivity index (χ0n) is 18.2. The number of esters is 1. The number of benzene rings is 1. The van der Waals surface area contributed by atoms with E-state index >= 15 is 0 Å². The van der Waals surface area contributed by atoms with Gasteiger partial charge in [0, 0.05) is 29.0 Å². The van der Waals surface area contributed by atoms with Crippen molar-refractivity contribution in [3.8, 4) is 11.5 Å². The summed E-state index contributed by atoms with van der Waals surface area (Å²) in [5.74, 6) is -1.27. The molecule has 0 fully saturated rings. The fraction of sp³-hybridized carbons (Fsp3) is 0.455. The number of allylic oxidation sites excluding steroid dienone is 3. The molecule has 166 valence electrons. The summed E-state index contributed by atoms with van der Waals surface area (Å²) in [7, 11) is 2.80. The van der Waals surface area contributed by atoms with Gasteiger partial charge in [-0.2, -0.15) is 0 Å². The quantitative estimate of drug-likeness (QED) is 0.414. The number of hydrogen-bond donors (Lipinski definition) is 1. The highest BCUT2D eigenvalue weighted by Gasteiger charge is 2.42. The fourth-order valence-electron chi connectivity index (χ4n) is 4.12. The maximum atomic E-state index is 13.1. The van der Waals surface area contributed by atoms with Crippen LogP contribution in [-0.2, 0) is 14.3 Å². The molecule has 0 aromatic heterocycles. The summed E-state index contributed by atoms with van der Waals surface area (Å²) in [5.41, 5.74) is 1.65. The van der Waals surface area contributed by atoms with Crippen LogP contribution in [0.5, 0.6) is 11.5 Å². The lowest BCUT2D eigenvalue weighted by Gasteiger charge is -2.34. The van der Waals surface area contributed by atoms with Gasteiger partial charge in [0.05, 0.1) is 42.8 Å². The van der Waals surface area contributed by atoms with Gasteiger partial charge >= 0.3 is 5.97 Å². The molecule has 1 aromatic carbocycles. The van der Waals surface area contributed by atoms with Crippen LogP contribution in [0, 0.1) is 10.1 Å². The lowest BCUT2D eigenvalue weighted by atomic mass is 9.74. The van der Waals surface area contributed by atoms with Gasteiger partial charge in [0.2, 0.25) is 0 Å². The standard InChI is InChI=1S/C22H26N2O7/c1-11(2)31-22(26)19-12(3)23-14-7-6-8-16(25)21(14)20(19)13-9-17(29-4)18(30-5)10-15(13)24(27)28/h9-11,20,23H,6-8H2,1-5H3/t20-/m1/s1. The van der Waals surface area contributed by atoms with E-state index in [2.05, 4.69) is 5.32 Å². The number of dihydropyridines is 1. The van der Waals surface area contributed by atoms with E-state index in [1.807, 2.05) is 0 Å². The van der Waals surface area contributed by atoms with Crippen molar-refractivity contribution in [2.24, 2.45) is 0 Å². The van der Waals surface area contributed by atoms with Gasteiger partial charge in [0.15, 0.2) is 17.3 Å². The van der Waals surface area contributed by atoms with E-state index in [0.29, 0.717) is 36.2 Å². The molecule has 0 saturated heterocycles. The average molecular weight is 430 g/mol. The Hall–Kier alpha value is -3.36. The predicted octanol–water partition coefficient (Wildman–Crippen LogP) is 3.53. The Kier molecular flexibility index (Phi) is 6.33. The van der Waals surface area contributed by atoms with Crippen LogP contribution in [0.2, 0.25) is 0 Å². The molecule has 1 N–H and O–H groups in total. The van der Waals surface area contributed by atoms with E-state index in [9.17, 15) is 19.7 Å². The Morgan fingerprint density at radius 1 is 1.19 bits per heavy atom. The monoisotopic (exact) mass is 430 g/mol. The van der Waals surface area contributed by atoms with Crippen LogP contribution >= 0.6 is 0 Å². The second-order valence-corrected chi connectivity index (χ2v) is 7.74. The molecule has 9 heteroatoms. The van der Waals surface area contributed by atoms with Crippen molar-refractivity contribution in [1.29, 1.82) is 0 Å². The van der Waals surface area contributed by atoms with Crippen LogP contribution in [0.25, 0.3) is 0 Å². The lowest BCUT2D eigenvalue weighted by molar-refractivity contribution is -0.385. The van der Waals surface area contributed by atoms with E-state index in [1.54, 1.807) is 20.8 Å². The number of ketones is 1. The largest absolute Gasteiger partial charge is 0.493 e. The molecule has 0 spiro atoms. The van der Waals surface area contributed by atoms with Crippen molar-refractivity contribution in [1.82, 2.24) is 5.32 Å². The molecule has 1 aromatic rings. The third-order valence-corrected chi connectivity index (χ3v) is 5.38. The average Bonchev–Trinajstić information content (AvgIpc) is 2.71. The summed E-state index contributed by atoms with van der Waals surface area (Å²) in [6.07, 6.45) is 1.20. The van der Waals surface area contributed by atoms with Gasteiger partial charge < -0.3 is 19.5 Å². The zero-order chi connectivity index (χ0) is 22.9. The summed E-state index contributed by atoms with van der Waals surface area (Å²) in [6.45, 7) is 5.14. The molecule has 0 amide bonds. The smallest absolute Gasteiger partial charge is 0.337 e. The minimum Gasteiger partial charge on any atom is -0.493 e. The van der Waals surface area contributed by atoms with Gasteiger partial charge in [-0.3, -0.25) is 14.9 Å². The van der Waals surface area contributed by atoms with Gasteiger partial charge in [0.25, 0.3) is 5.69 Å². The SMILES string of the molecule is COc1cc([C@@H]2C(C(=O)OC(C)C)=C(C)NC3=C2C(=O)CCC3)c([N+](=O)[O-])cc1OC. The molecule has 2 aliphatic rings. The van der Waals surface area contributed by atoms with Gasteiger partial charge in [-0.05, 0) is 39.7 Å². The highest BCUT2D eigenvalue weighted by molar-refractivity contribution is 6.04. The van der Waals surface area contributed by atoms with E-state index in [4.69, 9.17) is 14.2 Å². The molecule has 1 aliphatic carbocycles. The van der Waals surface area contributed by atoms with Crippen LogP contribution in [0.4, 0.5) is 5.69 Å². The molecule has 1 atom stereocenters. The number of nitrogens with zero attached hydrogens (tertiary/aromatic N) is 1. The van der Waals surface area contributed by atoms with Crippen molar-refractivity contribution in [2.45, 2.75) is 52.1 Å². The molecule has 0 unspecified atom stereocenters. The maximum Gasteiger partial charge on any atom is 0.337 e. The number of Topliss-reactive ketones (excluding diaryl/α,β-unsaturated/α-hetero) is 1. The lowest BCUT2D eigenvalue weighted by Crippen LogP contribution is -2.35. The summed E-state index contributed by atoms with van der Waals surface area (Å²) in [6, 6.07) is 2.72. The van der Waals surface area contributed by atoms with Crippen LogP contribution in [-0.4, -0.2) is 37.0 Å². The molecule has 31 heavy (non-hydrogen) atoms. The number of methoxy groups -OCH3 is 2. The van der Waals surface area contributed by atoms with Gasteiger partial charge in [-0.1, -0.05) is 0 Å². The van der Waals surface area contributed by atoms with Crippen LogP contribution < -0.4 is 14.8 Å². The molecule has 3 rings (SSSR count). The first-order valence-electron chi connectivity index (χ1n) is 10.0. The fourth-order valence-corrected chi connectivity index (χ4v) is 4.12. The number of nitro benzene ring substituents is 1. The molecule has 9 nitrogen and oxygen atoms in total. The Morgan fingerprint density at radius 3 is 2.42 bits per heavy atom. The zero-order valence-corrected chi connectivity index (χ0v) is 18.2. The Morgan fingerprint density at radius 2 is 1.84 bits per heavy atom. The van der Waals surface area contributed by atoms with E-state index < -0.39 is 22.9 Å². The third-order valence-electron chi connectivity index (χ3n) is 5.38. The molecular weight excluding hydrogens is 404 g/mol. The topological polar surface area (TPSA) is 117 Å². The van der Waals surface area contributed by atoms with Gasteiger partial charge in [-0.25, -0.2) is 4.79 Å². The number of hydrogen-bond acceptors (Lipinski definition) is 8. The van der Waals surface area contributed by atoms with E-state index in [0.717, 1.165) is 0 Å². The van der Waals surface area contributed by atoms with Crippen LogP contribution in [0.3, 0.4) is 0 Å². The Bertz CT molecular complexity index is 1010. The number of ether oxygens (including phenoxy) is 3. The molecule has 1 heterocycles. The minimum atomic E-state index is -0.949. The second kappa shape index (κ2) is 8.79. The second-order valence-electron chi connectivity index (χ2n) is 7.74. The number of carbonyl (C=O) groups excluding carboxylic acids is 2.